The SMILES string of the molecule is Nc1nc(C(=O)N2CCCO[C@@H](CN3CCOCC3)C2)cs1. The number of rotatable bonds is 3. The lowest BCUT2D eigenvalue weighted by atomic mass is 10.2. The summed E-state index contributed by atoms with van der Waals surface area (Å²) in [5.41, 5.74) is 6.06. The smallest absolute Gasteiger partial charge is 0.273 e. The first kappa shape index (κ1) is 15.7. The molecule has 122 valence electrons. The minimum absolute atomic E-state index is 0.0422. The van der Waals surface area contributed by atoms with Crippen molar-refractivity contribution in [1.29, 1.82) is 0 Å². The van der Waals surface area contributed by atoms with Crippen LogP contribution in [-0.2, 0) is 9.47 Å². The van der Waals surface area contributed by atoms with Gasteiger partial charge in [-0.2, -0.15) is 0 Å². The lowest BCUT2D eigenvalue weighted by Crippen LogP contribution is -2.45. The molecule has 0 aliphatic carbocycles. The van der Waals surface area contributed by atoms with Gasteiger partial charge in [-0.3, -0.25) is 9.69 Å². The highest BCUT2D eigenvalue weighted by atomic mass is 32.1. The first-order valence-corrected chi connectivity index (χ1v) is 8.52. The molecule has 3 rings (SSSR count). The molecule has 7 nitrogen and oxygen atoms in total. The zero-order chi connectivity index (χ0) is 15.4. The Hall–Kier alpha value is -1.22. The minimum Gasteiger partial charge on any atom is -0.379 e. The van der Waals surface area contributed by atoms with Crippen molar-refractivity contribution in [3.63, 3.8) is 0 Å². The van der Waals surface area contributed by atoms with E-state index in [9.17, 15) is 4.79 Å². The molecule has 8 heteroatoms. The van der Waals surface area contributed by atoms with E-state index in [1.54, 1.807) is 5.38 Å². The predicted molar refractivity (Wildman–Crippen MR) is 84.0 cm³/mol. The lowest BCUT2D eigenvalue weighted by molar-refractivity contribution is -0.0112. The Morgan fingerprint density at radius 2 is 2.18 bits per heavy atom. The Bertz CT molecular complexity index is 504. The van der Waals surface area contributed by atoms with Crippen LogP contribution in [0, 0.1) is 0 Å². The van der Waals surface area contributed by atoms with Gasteiger partial charge in [0.15, 0.2) is 5.13 Å². The standard InChI is InChI=1S/C14H22N4O3S/c15-14-16-12(10-22-14)13(19)18-2-1-5-21-11(9-18)8-17-3-6-20-7-4-17/h10-11H,1-9H2,(H2,15,16)/t11-/m0/s1. The number of carbonyl (C=O) groups is 1. The summed E-state index contributed by atoms with van der Waals surface area (Å²) in [5.74, 6) is -0.0505. The number of nitrogen functional groups attached to an aromatic ring is 1. The number of hydrogen-bond donors (Lipinski definition) is 1. The van der Waals surface area contributed by atoms with E-state index in [4.69, 9.17) is 15.2 Å². The number of anilines is 1. The summed E-state index contributed by atoms with van der Waals surface area (Å²) >= 11 is 1.30. The van der Waals surface area contributed by atoms with E-state index in [1.165, 1.54) is 11.3 Å². The van der Waals surface area contributed by atoms with Gasteiger partial charge in [0.05, 0.1) is 19.3 Å². The molecule has 2 aliphatic rings. The molecule has 2 aliphatic heterocycles. The Labute approximate surface area is 134 Å². The number of ether oxygens (including phenoxy) is 2. The summed E-state index contributed by atoms with van der Waals surface area (Å²) in [5, 5.41) is 2.15. The van der Waals surface area contributed by atoms with Gasteiger partial charge in [0.1, 0.15) is 5.69 Å². The first-order valence-electron chi connectivity index (χ1n) is 7.64. The van der Waals surface area contributed by atoms with Gasteiger partial charge in [-0.05, 0) is 6.42 Å². The molecular weight excluding hydrogens is 304 g/mol. The van der Waals surface area contributed by atoms with Gasteiger partial charge in [0.25, 0.3) is 5.91 Å². The quantitative estimate of drug-likeness (QED) is 0.860. The van der Waals surface area contributed by atoms with Crippen LogP contribution < -0.4 is 5.73 Å². The molecule has 3 heterocycles. The van der Waals surface area contributed by atoms with E-state index in [0.29, 0.717) is 30.5 Å². The van der Waals surface area contributed by atoms with Crippen molar-refractivity contribution in [3.8, 4) is 0 Å². The van der Waals surface area contributed by atoms with E-state index in [1.807, 2.05) is 4.90 Å². The van der Waals surface area contributed by atoms with Crippen molar-refractivity contribution in [3.05, 3.63) is 11.1 Å². The average Bonchev–Trinajstić information content (AvgIpc) is 2.83. The molecule has 22 heavy (non-hydrogen) atoms. The Morgan fingerprint density at radius 3 is 2.91 bits per heavy atom. The molecule has 2 saturated heterocycles. The number of nitrogens with zero attached hydrogens (tertiary/aromatic N) is 3. The van der Waals surface area contributed by atoms with E-state index in [0.717, 1.165) is 39.3 Å². The average molecular weight is 326 g/mol. The van der Waals surface area contributed by atoms with Crippen LogP contribution in [0.5, 0.6) is 0 Å². The third-order valence-corrected chi connectivity index (χ3v) is 4.62. The van der Waals surface area contributed by atoms with Gasteiger partial charge in [-0.25, -0.2) is 4.98 Å². The number of nitrogens with two attached hydrogens (primary N) is 1. The van der Waals surface area contributed by atoms with Gasteiger partial charge in [0, 0.05) is 44.7 Å². The van der Waals surface area contributed by atoms with Gasteiger partial charge >= 0.3 is 0 Å². The van der Waals surface area contributed by atoms with Crippen LogP contribution in [0.15, 0.2) is 5.38 Å². The zero-order valence-electron chi connectivity index (χ0n) is 12.6. The third-order valence-electron chi connectivity index (χ3n) is 3.94. The predicted octanol–water partition coefficient (Wildman–Crippen LogP) is 0.289. The first-order chi connectivity index (χ1) is 10.7. The Morgan fingerprint density at radius 1 is 1.36 bits per heavy atom. The normalized spacial score (nSPS) is 24.2. The van der Waals surface area contributed by atoms with Gasteiger partial charge < -0.3 is 20.1 Å². The second-order valence-electron chi connectivity index (χ2n) is 5.58. The Kier molecular flexibility index (Phi) is 5.24. The van der Waals surface area contributed by atoms with Crippen molar-refractivity contribution < 1.29 is 14.3 Å². The van der Waals surface area contributed by atoms with E-state index in [2.05, 4.69) is 9.88 Å². The summed E-state index contributed by atoms with van der Waals surface area (Å²) in [6, 6.07) is 0. The maximum atomic E-state index is 12.5. The number of amides is 1. The summed E-state index contributed by atoms with van der Waals surface area (Å²) in [6.07, 6.45) is 0.894. The molecule has 2 fully saturated rings. The second kappa shape index (κ2) is 7.36. The highest BCUT2D eigenvalue weighted by Crippen LogP contribution is 2.16. The fourth-order valence-corrected chi connectivity index (χ4v) is 3.35. The van der Waals surface area contributed by atoms with Crippen LogP contribution in [0.25, 0.3) is 0 Å². The monoisotopic (exact) mass is 326 g/mol. The molecule has 0 aromatic carbocycles. The molecule has 0 radical (unpaired) electrons. The number of aromatic nitrogens is 1. The molecule has 1 atom stereocenters. The zero-order valence-corrected chi connectivity index (χ0v) is 13.4. The van der Waals surface area contributed by atoms with Gasteiger partial charge in [-0.1, -0.05) is 0 Å². The number of hydrogen-bond acceptors (Lipinski definition) is 7. The molecule has 1 aromatic heterocycles. The fourth-order valence-electron chi connectivity index (χ4n) is 2.81. The van der Waals surface area contributed by atoms with Crippen molar-refractivity contribution in [1.82, 2.24) is 14.8 Å². The molecule has 1 amide bonds. The van der Waals surface area contributed by atoms with E-state index >= 15 is 0 Å². The summed E-state index contributed by atoms with van der Waals surface area (Å²) < 4.78 is 11.3. The topological polar surface area (TPSA) is 80.9 Å². The Balaban J connectivity index is 1.60. The van der Waals surface area contributed by atoms with Crippen molar-refractivity contribution >= 4 is 22.4 Å². The summed E-state index contributed by atoms with van der Waals surface area (Å²) in [6.45, 7) is 6.24. The second-order valence-corrected chi connectivity index (χ2v) is 6.47. The molecule has 0 bridgehead atoms. The number of thiazole rings is 1. The van der Waals surface area contributed by atoms with Crippen molar-refractivity contribution in [2.24, 2.45) is 0 Å². The largest absolute Gasteiger partial charge is 0.379 e. The van der Waals surface area contributed by atoms with Crippen LogP contribution in [0.4, 0.5) is 5.13 Å². The maximum absolute atomic E-state index is 12.5. The molecule has 0 saturated carbocycles. The maximum Gasteiger partial charge on any atom is 0.273 e. The molecular formula is C14H22N4O3S. The van der Waals surface area contributed by atoms with E-state index in [-0.39, 0.29) is 12.0 Å². The summed E-state index contributed by atoms with van der Waals surface area (Å²) in [7, 11) is 0. The lowest BCUT2D eigenvalue weighted by Gasteiger charge is -2.31. The van der Waals surface area contributed by atoms with Crippen LogP contribution in [0.2, 0.25) is 0 Å². The fraction of sp³-hybridized carbons (Fsp3) is 0.714. The highest BCUT2D eigenvalue weighted by molar-refractivity contribution is 7.13. The highest BCUT2D eigenvalue weighted by Gasteiger charge is 2.26. The number of carbonyl (C=O) groups excluding carboxylic acids is 1. The van der Waals surface area contributed by atoms with Crippen molar-refractivity contribution in [2.75, 3.05) is 58.3 Å². The summed E-state index contributed by atoms with van der Waals surface area (Å²) in [4.78, 5) is 20.8. The van der Waals surface area contributed by atoms with Crippen molar-refractivity contribution in [2.45, 2.75) is 12.5 Å². The molecule has 1 aromatic rings. The van der Waals surface area contributed by atoms with Gasteiger partial charge in [-0.15, -0.1) is 11.3 Å². The van der Waals surface area contributed by atoms with Crippen LogP contribution in [-0.4, -0.2) is 79.3 Å². The minimum atomic E-state index is -0.0505. The van der Waals surface area contributed by atoms with Crippen LogP contribution in [0.3, 0.4) is 0 Å². The van der Waals surface area contributed by atoms with E-state index < -0.39 is 0 Å². The molecule has 0 spiro atoms. The molecule has 0 unspecified atom stereocenters. The van der Waals surface area contributed by atoms with Crippen LogP contribution >= 0.6 is 11.3 Å². The van der Waals surface area contributed by atoms with Crippen LogP contribution in [0.1, 0.15) is 16.9 Å². The number of morpholine rings is 1. The molecule has 2 N–H and O–H groups in total. The third kappa shape index (κ3) is 3.95. The van der Waals surface area contributed by atoms with Gasteiger partial charge in [0.2, 0.25) is 0 Å².